The van der Waals surface area contributed by atoms with Crippen LogP contribution in [-0.2, 0) is 14.3 Å². The molecule has 3 fully saturated rings. The molecule has 0 saturated carbocycles. The average molecular weight is 350 g/mol. The molecule has 0 spiro atoms. The maximum atomic E-state index is 12.8. The van der Waals surface area contributed by atoms with Crippen LogP contribution in [0.2, 0.25) is 0 Å². The Kier molecular flexibility index (Phi) is 2.67. The Labute approximate surface area is 131 Å². The van der Waals surface area contributed by atoms with Gasteiger partial charge in [-0.3, -0.25) is 9.59 Å². The highest BCUT2D eigenvalue weighted by atomic mass is 79.9. The predicted molar refractivity (Wildman–Crippen MR) is 80.9 cm³/mol. The lowest BCUT2D eigenvalue weighted by Crippen LogP contribution is -2.39. The fraction of sp³-hybridized carbons (Fsp3) is 0.500. The van der Waals surface area contributed by atoms with Crippen molar-refractivity contribution in [3.8, 4) is 0 Å². The highest BCUT2D eigenvalue weighted by Gasteiger charge is 2.67. The number of halogens is 1. The highest BCUT2D eigenvalue weighted by molar-refractivity contribution is 9.10. The molecule has 0 aliphatic carbocycles. The topological polar surface area (TPSA) is 46.6 Å². The van der Waals surface area contributed by atoms with E-state index in [4.69, 9.17) is 4.74 Å². The molecule has 5 heteroatoms. The molecule has 110 valence electrons. The van der Waals surface area contributed by atoms with Gasteiger partial charge in [0.25, 0.3) is 0 Å². The van der Waals surface area contributed by atoms with Gasteiger partial charge in [-0.15, -0.1) is 0 Å². The number of anilines is 1. The van der Waals surface area contributed by atoms with E-state index in [0.29, 0.717) is 5.69 Å². The number of carbonyl (C=O) groups excluding carboxylic acids is 2. The zero-order valence-electron chi connectivity index (χ0n) is 11.9. The number of benzene rings is 1. The molecule has 0 N–H and O–H groups in total. The normalized spacial score (nSPS) is 37.5. The van der Waals surface area contributed by atoms with E-state index in [9.17, 15) is 9.59 Å². The standard InChI is InChI=1S/C16H16BrNO3/c1-8-7-9(3-4-10(8)17)18-14(19)12-11-5-6-16(2,21-11)13(12)15(18)20/h3-4,7,11-13H,5-6H2,1-2H3/t11-,12-,13+,16?/m0/s1. The Morgan fingerprint density at radius 1 is 1.33 bits per heavy atom. The Morgan fingerprint density at radius 2 is 2.10 bits per heavy atom. The molecule has 3 saturated heterocycles. The van der Waals surface area contributed by atoms with Crippen LogP contribution < -0.4 is 4.90 Å². The maximum Gasteiger partial charge on any atom is 0.240 e. The molecule has 2 bridgehead atoms. The van der Waals surface area contributed by atoms with Gasteiger partial charge in [0.15, 0.2) is 0 Å². The van der Waals surface area contributed by atoms with E-state index in [-0.39, 0.29) is 29.8 Å². The monoisotopic (exact) mass is 349 g/mol. The van der Waals surface area contributed by atoms with Crippen molar-refractivity contribution in [2.24, 2.45) is 11.8 Å². The fourth-order valence-corrected chi connectivity index (χ4v) is 4.35. The van der Waals surface area contributed by atoms with Crippen LogP contribution in [0.4, 0.5) is 5.69 Å². The van der Waals surface area contributed by atoms with Crippen molar-refractivity contribution < 1.29 is 14.3 Å². The van der Waals surface area contributed by atoms with Gasteiger partial charge in [-0.05, 0) is 50.5 Å². The quantitative estimate of drug-likeness (QED) is 0.732. The van der Waals surface area contributed by atoms with E-state index in [1.807, 2.05) is 32.0 Å². The third-order valence-electron chi connectivity index (χ3n) is 5.16. The molecule has 0 aromatic heterocycles. The highest BCUT2D eigenvalue weighted by Crippen LogP contribution is 2.55. The minimum atomic E-state index is -0.457. The summed E-state index contributed by atoms with van der Waals surface area (Å²) in [6, 6.07) is 5.58. The molecule has 21 heavy (non-hydrogen) atoms. The Hall–Kier alpha value is -1.20. The first-order chi connectivity index (χ1) is 9.92. The van der Waals surface area contributed by atoms with E-state index < -0.39 is 5.60 Å². The van der Waals surface area contributed by atoms with E-state index >= 15 is 0 Å². The number of amides is 2. The first kappa shape index (κ1) is 13.5. The van der Waals surface area contributed by atoms with Crippen molar-refractivity contribution in [3.05, 3.63) is 28.2 Å². The predicted octanol–water partition coefficient (Wildman–Crippen LogP) is 2.81. The van der Waals surface area contributed by atoms with Gasteiger partial charge in [0.1, 0.15) is 0 Å². The van der Waals surface area contributed by atoms with E-state index in [2.05, 4.69) is 15.9 Å². The van der Waals surface area contributed by atoms with Gasteiger partial charge in [-0.25, -0.2) is 4.90 Å². The summed E-state index contributed by atoms with van der Waals surface area (Å²) in [6.07, 6.45) is 1.66. The summed E-state index contributed by atoms with van der Waals surface area (Å²) < 4.78 is 6.89. The summed E-state index contributed by atoms with van der Waals surface area (Å²) in [4.78, 5) is 26.9. The minimum Gasteiger partial charge on any atom is -0.370 e. The number of fused-ring (bicyclic) bond motifs is 5. The fourth-order valence-electron chi connectivity index (χ4n) is 4.10. The van der Waals surface area contributed by atoms with Gasteiger partial charge in [-0.2, -0.15) is 0 Å². The number of hydrogen-bond donors (Lipinski definition) is 0. The van der Waals surface area contributed by atoms with Gasteiger partial charge < -0.3 is 4.74 Å². The van der Waals surface area contributed by atoms with Crippen molar-refractivity contribution in [3.63, 3.8) is 0 Å². The lowest BCUT2D eigenvalue weighted by atomic mass is 9.74. The molecule has 2 amide bonds. The van der Waals surface area contributed by atoms with Crippen LogP contribution in [0.1, 0.15) is 25.3 Å². The molecule has 0 radical (unpaired) electrons. The summed E-state index contributed by atoms with van der Waals surface area (Å²) in [5.74, 6) is -0.801. The van der Waals surface area contributed by atoms with Gasteiger partial charge in [0, 0.05) is 4.47 Å². The SMILES string of the molecule is Cc1cc(N2C(=O)[C@H]3[C@@H]4CCC(C)(O4)[C@H]3C2=O)ccc1Br. The first-order valence-electron chi connectivity index (χ1n) is 7.24. The number of carbonyl (C=O) groups is 2. The van der Waals surface area contributed by atoms with Crippen LogP contribution in [-0.4, -0.2) is 23.5 Å². The van der Waals surface area contributed by atoms with Gasteiger partial charge in [0.05, 0.1) is 29.2 Å². The third kappa shape index (κ3) is 1.64. The van der Waals surface area contributed by atoms with E-state index in [0.717, 1.165) is 22.9 Å². The summed E-state index contributed by atoms with van der Waals surface area (Å²) in [5.41, 5.74) is 1.22. The molecule has 3 heterocycles. The number of nitrogens with zero attached hydrogens (tertiary/aromatic N) is 1. The molecule has 4 nitrogen and oxygen atoms in total. The van der Waals surface area contributed by atoms with Crippen molar-refractivity contribution in [1.29, 1.82) is 0 Å². The molecular formula is C16H16BrNO3. The lowest BCUT2D eigenvalue weighted by molar-refractivity contribution is -0.126. The molecule has 1 unspecified atom stereocenters. The number of rotatable bonds is 1. The van der Waals surface area contributed by atoms with Crippen molar-refractivity contribution in [2.75, 3.05) is 4.90 Å². The first-order valence-corrected chi connectivity index (χ1v) is 8.03. The maximum absolute atomic E-state index is 12.8. The lowest BCUT2D eigenvalue weighted by Gasteiger charge is -2.26. The third-order valence-corrected chi connectivity index (χ3v) is 6.04. The molecule has 3 aliphatic heterocycles. The smallest absolute Gasteiger partial charge is 0.240 e. The number of aryl methyl sites for hydroxylation is 1. The molecule has 3 aliphatic rings. The van der Waals surface area contributed by atoms with Crippen LogP contribution in [0.3, 0.4) is 0 Å². The molecule has 1 aromatic rings. The van der Waals surface area contributed by atoms with Crippen LogP contribution in [0.25, 0.3) is 0 Å². The van der Waals surface area contributed by atoms with Crippen LogP contribution in [0.15, 0.2) is 22.7 Å². The van der Waals surface area contributed by atoms with Crippen LogP contribution in [0, 0.1) is 18.8 Å². The van der Waals surface area contributed by atoms with Crippen molar-refractivity contribution >= 4 is 33.4 Å². The van der Waals surface area contributed by atoms with Gasteiger partial charge in [0.2, 0.25) is 11.8 Å². The summed E-state index contributed by atoms with van der Waals surface area (Å²) in [7, 11) is 0. The molecule has 1 aromatic carbocycles. The second-order valence-corrected chi connectivity index (χ2v) is 7.31. The molecule has 4 rings (SSSR count). The Morgan fingerprint density at radius 3 is 2.76 bits per heavy atom. The van der Waals surface area contributed by atoms with Crippen molar-refractivity contribution in [2.45, 2.75) is 38.4 Å². The molecular weight excluding hydrogens is 334 g/mol. The average Bonchev–Trinajstić information content (AvgIpc) is 3.03. The Balaban J connectivity index is 1.77. The van der Waals surface area contributed by atoms with E-state index in [1.165, 1.54) is 4.90 Å². The Bertz CT molecular complexity index is 673. The summed E-state index contributed by atoms with van der Waals surface area (Å²) in [5, 5.41) is 0. The zero-order valence-corrected chi connectivity index (χ0v) is 13.5. The van der Waals surface area contributed by atoms with Crippen molar-refractivity contribution in [1.82, 2.24) is 0 Å². The van der Waals surface area contributed by atoms with E-state index in [1.54, 1.807) is 0 Å². The number of hydrogen-bond acceptors (Lipinski definition) is 3. The zero-order chi connectivity index (χ0) is 14.9. The second-order valence-electron chi connectivity index (χ2n) is 6.46. The van der Waals surface area contributed by atoms with Crippen LogP contribution in [0.5, 0.6) is 0 Å². The van der Waals surface area contributed by atoms with Gasteiger partial charge in [-0.1, -0.05) is 15.9 Å². The largest absolute Gasteiger partial charge is 0.370 e. The van der Waals surface area contributed by atoms with Gasteiger partial charge >= 0.3 is 0 Å². The second kappa shape index (κ2) is 4.17. The number of imide groups is 1. The minimum absolute atomic E-state index is 0.0852. The molecule has 4 atom stereocenters. The van der Waals surface area contributed by atoms with Crippen LogP contribution >= 0.6 is 15.9 Å². The summed E-state index contributed by atoms with van der Waals surface area (Å²) in [6.45, 7) is 3.92. The summed E-state index contributed by atoms with van der Waals surface area (Å²) >= 11 is 3.45. The number of ether oxygens (including phenoxy) is 1.